The number of amides is 4. The van der Waals surface area contributed by atoms with Gasteiger partial charge >= 0.3 is 6.03 Å². The maximum absolute atomic E-state index is 12.7. The van der Waals surface area contributed by atoms with E-state index in [1.54, 1.807) is 0 Å². The van der Waals surface area contributed by atoms with Crippen LogP contribution in [0.25, 0.3) is 0 Å². The maximum atomic E-state index is 12.7. The van der Waals surface area contributed by atoms with Gasteiger partial charge in [0.2, 0.25) is 11.8 Å². The number of barbiturate groups is 1. The molecule has 1 N–H and O–H groups in total. The van der Waals surface area contributed by atoms with Gasteiger partial charge in [0.15, 0.2) is 0 Å². The first kappa shape index (κ1) is 15.0. The molecular weight excluding hydrogens is 256 g/mol. The van der Waals surface area contributed by atoms with E-state index in [1.165, 1.54) is 4.90 Å². The molecule has 2 fully saturated rings. The molecule has 2 rings (SSSR count). The summed E-state index contributed by atoms with van der Waals surface area (Å²) >= 11 is 0. The van der Waals surface area contributed by atoms with E-state index in [9.17, 15) is 14.4 Å². The first-order valence-corrected chi connectivity index (χ1v) is 7.72. The number of carbonyl (C=O) groups is 3. The molecule has 20 heavy (non-hydrogen) atoms. The molecular formula is C15H24N2O3. The topological polar surface area (TPSA) is 66.5 Å². The molecule has 5 heteroatoms. The van der Waals surface area contributed by atoms with Gasteiger partial charge in [-0.05, 0) is 26.2 Å². The van der Waals surface area contributed by atoms with Gasteiger partial charge in [0.1, 0.15) is 5.41 Å². The Kier molecular flexibility index (Phi) is 4.45. The molecule has 1 unspecified atom stereocenters. The van der Waals surface area contributed by atoms with Crippen molar-refractivity contribution in [2.24, 2.45) is 5.41 Å². The van der Waals surface area contributed by atoms with Gasteiger partial charge in [-0.1, -0.05) is 39.0 Å². The monoisotopic (exact) mass is 280 g/mol. The van der Waals surface area contributed by atoms with Crippen LogP contribution in [0.15, 0.2) is 0 Å². The van der Waals surface area contributed by atoms with E-state index in [0.717, 1.165) is 38.5 Å². The van der Waals surface area contributed by atoms with Crippen LogP contribution in [0.1, 0.15) is 65.2 Å². The van der Waals surface area contributed by atoms with Gasteiger partial charge in [-0.3, -0.25) is 19.8 Å². The largest absolute Gasteiger partial charge is 0.331 e. The summed E-state index contributed by atoms with van der Waals surface area (Å²) in [6.45, 7) is 4.02. The average molecular weight is 280 g/mol. The zero-order chi connectivity index (χ0) is 14.8. The summed E-state index contributed by atoms with van der Waals surface area (Å²) in [4.78, 5) is 38.1. The van der Waals surface area contributed by atoms with E-state index in [0.29, 0.717) is 12.8 Å². The first-order chi connectivity index (χ1) is 9.53. The Morgan fingerprint density at radius 2 is 1.85 bits per heavy atom. The Morgan fingerprint density at radius 1 is 1.20 bits per heavy atom. The Morgan fingerprint density at radius 3 is 2.45 bits per heavy atom. The summed E-state index contributed by atoms with van der Waals surface area (Å²) in [6, 6.07) is -0.679. The zero-order valence-electron chi connectivity index (χ0n) is 12.4. The lowest BCUT2D eigenvalue weighted by molar-refractivity contribution is -0.152. The molecule has 1 aliphatic heterocycles. The lowest BCUT2D eigenvalue weighted by atomic mass is 9.81. The summed E-state index contributed by atoms with van der Waals surface area (Å²) in [5, 5.41) is 2.39. The van der Waals surface area contributed by atoms with Crippen LogP contribution in [-0.4, -0.2) is 28.8 Å². The summed E-state index contributed by atoms with van der Waals surface area (Å²) < 4.78 is 0. The van der Waals surface area contributed by atoms with Crippen molar-refractivity contribution in [3.05, 3.63) is 0 Å². The van der Waals surface area contributed by atoms with Gasteiger partial charge in [-0.25, -0.2) is 4.79 Å². The predicted molar refractivity (Wildman–Crippen MR) is 74.9 cm³/mol. The predicted octanol–water partition coefficient (Wildman–Crippen LogP) is 2.59. The van der Waals surface area contributed by atoms with Crippen molar-refractivity contribution < 1.29 is 14.4 Å². The fourth-order valence-corrected chi connectivity index (χ4v) is 3.34. The molecule has 1 saturated heterocycles. The molecule has 0 radical (unpaired) electrons. The smallest absolute Gasteiger partial charge is 0.277 e. The van der Waals surface area contributed by atoms with Crippen LogP contribution in [-0.2, 0) is 9.59 Å². The fourth-order valence-electron chi connectivity index (χ4n) is 3.34. The summed E-state index contributed by atoms with van der Waals surface area (Å²) in [5.74, 6) is -0.658. The quantitative estimate of drug-likeness (QED) is 0.622. The number of urea groups is 1. The Hall–Kier alpha value is -1.39. The first-order valence-electron chi connectivity index (χ1n) is 7.72. The van der Waals surface area contributed by atoms with Crippen LogP contribution in [0.2, 0.25) is 0 Å². The molecule has 1 aliphatic carbocycles. The minimum absolute atomic E-state index is 0.139. The number of rotatable bonds is 5. The summed E-state index contributed by atoms with van der Waals surface area (Å²) in [5.41, 5.74) is -0.965. The average Bonchev–Trinajstić information content (AvgIpc) is 2.88. The minimum atomic E-state index is -0.965. The molecule has 1 atom stereocenters. The molecule has 5 nitrogen and oxygen atoms in total. The standard InChI is InChI=1S/C15H24N2O3/c1-3-4-5-8-11(2)17-13(19)15(9-6-7-10-15)12(18)16-14(17)20/h11H,3-10H2,1-2H3,(H,16,18,20). The van der Waals surface area contributed by atoms with E-state index < -0.39 is 11.4 Å². The lowest BCUT2D eigenvalue weighted by Crippen LogP contribution is -2.65. The SMILES string of the molecule is CCCCCC(C)N1C(=O)NC(=O)C2(CCCC2)C1=O. The van der Waals surface area contributed by atoms with Crippen molar-refractivity contribution in [1.82, 2.24) is 10.2 Å². The van der Waals surface area contributed by atoms with Gasteiger partial charge in [-0.15, -0.1) is 0 Å². The van der Waals surface area contributed by atoms with Gasteiger partial charge in [0.05, 0.1) is 0 Å². The number of unbranched alkanes of at least 4 members (excludes halogenated alkanes) is 2. The highest BCUT2D eigenvalue weighted by atomic mass is 16.2. The molecule has 112 valence electrons. The number of carbonyl (C=O) groups excluding carboxylic acids is 3. The second kappa shape index (κ2) is 5.94. The van der Waals surface area contributed by atoms with Crippen LogP contribution < -0.4 is 5.32 Å². The van der Waals surface area contributed by atoms with Crippen molar-refractivity contribution in [3.63, 3.8) is 0 Å². The van der Waals surface area contributed by atoms with Crippen molar-refractivity contribution >= 4 is 17.8 Å². The third-order valence-electron chi connectivity index (χ3n) is 4.63. The Labute approximate surface area is 120 Å². The number of nitrogens with zero attached hydrogens (tertiary/aromatic N) is 1. The highest BCUT2D eigenvalue weighted by Crippen LogP contribution is 2.42. The van der Waals surface area contributed by atoms with Gasteiger partial charge in [0, 0.05) is 6.04 Å². The number of imide groups is 2. The highest BCUT2D eigenvalue weighted by Gasteiger charge is 2.55. The lowest BCUT2D eigenvalue weighted by Gasteiger charge is -2.39. The van der Waals surface area contributed by atoms with Gasteiger partial charge in [0.25, 0.3) is 0 Å². The van der Waals surface area contributed by atoms with Crippen LogP contribution in [0.3, 0.4) is 0 Å². The number of hydrogen-bond donors (Lipinski definition) is 1. The summed E-state index contributed by atoms with van der Waals surface area (Å²) in [6.07, 6.45) is 6.91. The molecule has 0 aromatic carbocycles. The third-order valence-corrected chi connectivity index (χ3v) is 4.63. The molecule has 2 aliphatic rings. The molecule has 1 spiro atoms. The van der Waals surface area contributed by atoms with E-state index in [2.05, 4.69) is 12.2 Å². The maximum Gasteiger partial charge on any atom is 0.331 e. The number of hydrogen-bond acceptors (Lipinski definition) is 3. The van der Waals surface area contributed by atoms with Crippen molar-refractivity contribution in [3.8, 4) is 0 Å². The van der Waals surface area contributed by atoms with E-state index >= 15 is 0 Å². The second-order valence-electron chi connectivity index (χ2n) is 6.07. The van der Waals surface area contributed by atoms with Crippen LogP contribution in [0.5, 0.6) is 0 Å². The second-order valence-corrected chi connectivity index (χ2v) is 6.07. The van der Waals surface area contributed by atoms with Crippen molar-refractivity contribution in [2.75, 3.05) is 0 Å². The summed E-state index contributed by atoms with van der Waals surface area (Å²) in [7, 11) is 0. The zero-order valence-corrected chi connectivity index (χ0v) is 12.4. The Balaban J connectivity index is 2.13. The van der Waals surface area contributed by atoms with E-state index in [4.69, 9.17) is 0 Å². The fraction of sp³-hybridized carbons (Fsp3) is 0.800. The van der Waals surface area contributed by atoms with Crippen molar-refractivity contribution in [2.45, 2.75) is 71.3 Å². The molecule has 1 heterocycles. The minimum Gasteiger partial charge on any atom is -0.277 e. The normalized spacial score (nSPS) is 23.3. The molecule has 4 amide bonds. The van der Waals surface area contributed by atoms with E-state index in [1.807, 2.05) is 6.92 Å². The number of nitrogens with one attached hydrogen (secondary N) is 1. The molecule has 1 saturated carbocycles. The third kappa shape index (κ3) is 2.45. The molecule has 0 aromatic heterocycles. The van der Waals surface area contributed by atoms with Crippen LogP contribution in [0.4, 0.5) is 4.79 Å². The van der Waals surface area contributed by atoms with Gasteiger partial charge < -0.3 is 0 Å². The highest BCUT2D eigenvalue weighted by molar-refractivity contribution is 6.19. The van der Waals surface area contributed by atoms with Crippen molar-refractivity contribution in [1.29, 1.82) is 0 Å². The van der Waals surface area contributed by atoms with Gasteiger partial charge in [-0.2, -0.15) is 0 Å². The Bertz CT molecular complexity index is 413. The van der Waals surface area contributed by atoms with Crippen LogP contribution >= 0.6 is 0 Å². The van der Waals surface area contributed by atoms with Crippen LogP contribution in [0, 0.1) is 5.41 Å². The molecule has 0 bridgehead atoms. The van der Waals surface area contributed by atoms with E-state index in [-0.39, 0.29) is 17.9 Å². The molecule has 0 aromatic rings.